The quantitative estimate of drug-likeness (QED) is 0.707. The fourth-order valence-corrected chi connectivity index (χ4v) is 3.28. The first-order valence-corrected chi connectivity index (χ1v) is 9.05. The van der Waals surface area contributed by atoms with E-state index in [0.29, 0.717) is 24.0 Å². The van der Waals surface area contributed by atoms with Gasteiger partial charge < -0.3 is 11.1 Å². The molecule has 0 unspecified atom stereocenters. The Bertz CT molecular complexity index is 852. The van der Waals surface area contributed by atoms with Gasteiger partial charge in [0.05, 0.1) is 16.8 Å². The highest BCUT2D eigenvalue weighted by Crippen LogP contribution is 2.28. The second-order valence-electron chi connectivity index (χ2n) is 5.75. The van der Waals surface area contributed by atoms with Crippen LogP contribution >= 0.6 is 12.4 Å². The minimum atomic E-state index is -3.61. The first kappa shape index (κ1) is 19.2. The van der Waals surface area contributed by atoms with E-state index in [9.17, 15) is 13.2 Å². The maximum absolute atomic E-state index is 12.3. The standard InChI is InChI=1S/C16H18N4O3S.ClH/c17-15-7-6-13(10-18-15)20-16(21)12-2-1-3-14(8-12)24(22,23)19-9-11-4-5-11;/h1-3,6-8,10-11,19H,4-5,9H2,(H2,17,18)(H,20,21);1H. The van der Waals surface area contributed by atoms with Crippen molar-refractivity contribution in [2.75, 3.05) is 17.6 Å². The Kier molecular flexibility index (Phi) is 5.99. The molecule has 134 valence electrons. The molecule has 1 aromatic heterocycles. The van der Waals surface area contributed by atoms with E-state index in [2.05, 4.69) is 15.0 Å². The molecule has 0 spiro atoms. The Balaban J connectivity index is 0.00000225. The number of carbonyl (C=O) groups is 1. The third kappa shape index (κ3) is 5.15. The molecule has 7 nitrogen and oxygen atoms in total. The highest BCUT2D eigenvalue weighted by Gasteiger charge is 2.24. The van der Waals surface area contributed by atoms with Crippen molar-refractivity contribution < 1.29 is 13.2 Å². The first-order valence-electron chi connectivity index (χ1n) is 7.57. The van der Waals surface area contributed by atoms with Gasteiger partial charge in [0.15, 0.2) is 0 Å². The van der Waals surface area contributed by atoms with E-state index in [-0.39, 0.29) is 22.9 Å². The van der Waals surface area contributed by atoms with Gasteiger partial charge in [-0.3, -0.25) is 4.79 Å². The molecular weight excluding hydrogens is 364 g/mol. The van der Waals surface area contributed by atoms with Gasteiger partial charge in [0.1, 0.15) is 5.82 Å². The average molecular weight is 383 g/mol. The highest BCUT2D eigenvalue weighted by atomic mass is 35.5. The van der Waals surface area contributed by atoms with Crippen LogP contribution in [0.1, 0.15) is 23.2 Å². The molecule has 1 aliphatic carbocycles. The zero-order valence-corrected chi connectivity index (χ0v) is 14.9. The van der Waals surface area contributed by atoms with E-state index in [1.54, 1.807) is 24.3 Å². The topological polar surface area (TPSA) is 114 Å². The number of aromatic nitrogens is 1. The van der Waals surface area contributed by atoms with Crippen LogP contribution in [-0.4, -0.2) is 25.9 Å². The van der Waals surface area contributed by atoms with Crippen LogP contribution in [0.25, 0.3) is 0 Å². The summed E-state index contributed by atoms with van der Waals surface area (Å²) in [5, 5.41) is 2.65. The summed E-state index contributed by atoms with van der Waals surface area (Å²) in [7, 11) is -3.61. The maximum Gasteiger partial charge on any atom is 0.255 e. The van der Waals surface area contributed by atoms with Crippen molar-refractivity contribution >= 4 is 39.8 Å². The molecule has 1 heterocycles. The van der Waals surface area contributed by atoms with Crippen LogP contribution in [0.15, 0.2) is 47.5 Å². The normalized spacial score (nSPS) is 13.8. The number of carbonyl (C=O) groups excluding carboxylic acids is 1. The number of halogens is 1. The second kappa shape index (κ2) is 7.81. The predicted octanol–water partition coefficient (Wildman–Crippen LogP) is 2.03. The van der Waals surface area contributed by atoms with Gasteiger partial charge in [0.25, 0.3) is 5.91 Å². The van der Waals surface area contributed by atoms with Gasteiger partial charge in [-0.25, -0.2) is 18.1 Å². The molecule has 9 heteroatoms. The molecule has 1 fully saturated rings. The molecule has 1 aliphatic rings. The van der Waals surface area contributed by atoms with Crippen molar-refractivity contribution in [3.05, 3.63) is 48.2 Å². The van der Waals surface area contributed by atoms with Gasteiger partial charge in [-0.2, -0.15) is 0 Å². The Morgan fingerprint density at radius 1 is 1.24 bits per heavy atom. The molecule has 3 rings (SSSR count). The summed E-state index contributed by atoms with van der Waals surface area (Å²) in [6, 6.07) is 9.12. The third-order valence-corrected chi connectivity index (χ3v) is 5.13. The molecule has 0 bridgehead atoms. The van der Waals surface area contributed by atoms with E-state index in [1.165, 1.54) is 18.3 Å². The van der Waals surface area contributed by atoms with E-state index in [1.807, 2.05) is 0 Å². The van der Waals surface area contributed by atoms with Crippen molar-refractivity contribution in [3.63, 3.8) is 0 Å². The zero-order chi connectivity index (χ0) is 17.2. The SMILES string of the molecule is Cl.Nc1ccc(NC(=O)c2cccc(S(=O)(=O)NCC3CC3)c2)cn1. The largest absolute Gasteiger partial charge is 0.384 e. The molecule has 0 radical (unpaired) electrons. The number of nitrogens with two attached hydrogens (primary N) is 1. The summed E-state index contributed by atoms with van der Waals surface area (Å²) in [6.45, 7) is 0.440. The Morgan fingerprint density at radius 2 is 2.00 bits per heavy atom. The molecule has 0 aliphatic heterocycles. The number of rotatable bonds is 6. The van der Waals surface area contributed by atoms with Crippen molar-refractivity contribution in [1.29, 1.82) is 0 Å². The molecule has 0 saturated heterocycles. The number of anilines is 2. The van der Waals surface area contributed by atoms with Crippen molar-refractivity contribution in [2.45, 2.75) is 17.7 Å². The zero-order valence-electron chi connectivity index (χ0n) is 13.3. The highest BCUT2D eigenvalue weighted by molar-refractivity contribution is 7.89. The van der Waals surface area contributed by atoms with Crippen molar-refractivity contribution in [3.8, 4) is 0 Å². The van der Waals surface area contributed by atoms with E-state index >= 15 is 0 Å². The Hall–Kier alpha value is -2.16. The summed E-state index contributed by atoms with van der Waals surface area (Å²) in [6.07, 6.45) is 3.55. The third-order valence-electron chi connectivity index (χ3n) is 3.71. The van der Waals surface area contributed by atoms with Crippen LogP contribution in [0.2, 0.25) is 0 Å². The van der Waals surface area contributed by atoms with Crippen LogP contribution in [0, 0.1) is 5.92 Å². The Morgan fingerprint density at radius 3 is 2.64 bits per heavy atom. The van der Waals surface area contributed by atoms with E-state index in [0.717, 1.165) is 12.8 Å². The van der Waals surface area contributed by atoms with Crippen molar-refractivity contribution in [1.82, 2.24) is 9.71 Å². The molecule has 1 saturated carbocycles. The van der Waals surface area contributed by atoms with Gasteiger partial charge in [0, 0.05) is 12.1 Å². The summed E-state index contributed by atoms with van der Waals surface area (Å²) >= 11 is 0. The van der Waals surface area contributed by atoms with E-state index in [4.69, 9.17) is 5.73 Å². The van der Waals surface area contributed by atoms with E-state index < -0.39 is 15.9 Å². The maximum atomic E-state index is 12.3. The monoisotopic (exact) mass is 382 g/mol. The molecule has 0 atom stereocenters. The number of hydrogen-bond donors (Lipinski definition) is 3. The van der Waals surface area contributed by atoms with Crippen LogP contribution in [0.5, 0.6) is 0 Å². The second-order valence-corrected chi connectivity index (χ2v) is 7.52. The molecular formula is C16H19ClN4O3S. The summed E-state index contributed by atoms with van der Waals surface area (Å²) in [5.41, 5.74) is 6.22. The minimum absolute atomic E-state index is 0. The number of nitrogens with one attached hydrogen (secondary N) is 2. The van der Waals surface area contributed by atoms with Gasteiger partial charge in [-0.15, -0.1) is 12.4 Å². The summed E-state index contributed by atoms with van der Waals surface area (Å²) in [4.78, 5) is 16.2. The number of amides is 1. The van der Waals surface area contributed by atoms with Gasteiger partial charge >= 0.3 is 0 Å². The average Bonchev–Trinajstić information content (AvgIpc) is 3.40. The minimum Gasteiger partial charge on any atom is -0.384 e. The van der Waals surface area contributed by atoms with Crippen molar-refractivity contribution in [2.24, 2.45) is 5.92 Å². The fraction of sp³-hybridized carbons (Fsp3) is 0.250. The molecule has 2 aromatic rings. The number of nitrogen functional groups attached to an aromatic ring is 1. The van der Waals surface area contributed by atoms with Crippen LogP contribution < -0.4 is 15.8 Å². The van der Waals surface area contributed by atoms with Gasteiger partial charge in [-0.05, 0) is 49.1 Å². The first-order chi connectivity index (χ1) is 11.4. The smallest absolute Gasteiger partial charge is 0.255 e. The summed E-state index contributed by atoms with van der Waals surface area (Å²) in [5.74, 6) is 0.368. The molecule has 4 N–H and O–H groups in total. The molecule has 25 heavy (non-hydrogen) atoms. The van der Waals surface area contributed by atoms with Crippen LogP contribution in [0.3, 0.4) is 0 Å². The number of hydrogen-bond acceptors (Lipinski definition) is 5. The van der Waals surface area contributed by atoms with Gasteiger partial charge in [-0.1, -0.05) is 6.07 Å². The van der Waals surface area contributed by atoms with Gasteiger partial charge in [0.2, 0.25) is 10.0 Å². The lowest BCUT2D eigenvalue weighted by Crippen LogP contribution is -2.26. The Labute approximate surface area is 152 Å². The fourth-order valence-electron chi connectivity index (χ4n) is 2.12. The lowest BCUT2D eigenvalue weighted by molar-refractivity contribution is 0.102. The molecule has 1 amide bonds. The number of sulfonamides is 1. The lowest BCUT2D eigenvalue weighted by atomic mass is 10.2. The summed E-state index contributed by atoms with van der Waals surface area (Å²) < 4.78 is 27.1. The lowest BCUT2D eigenvalue weighted by Gasteiger charge is -2.09. The number of nitrogens with zero attached hydrogens (tertiary/aromatic N) is 1. The molecule has 1 aromatic carbocycles. The predicted molar refractivity (Wildman–Crippen MR) is 98.2 cm³/mol. The van der Waals surface area contributed by atoms with Crippen LogP contribution in [0.4, 0.5) is 11.5 Å². The number of pyridine rings is 1. The van der Waals surface area contributed by atoms with Crippen LogP contribution in [-0.2, 0) is 10.0 Å². The number of benzene rings is 1.